The second-order valence-corrected chi connectivity index (χ2v) is 6.99. The van der Waals surface area contributed by atoms with Gasteiger partial charge in [-0.15, -0.1) is 0 Å². The first kappa shape index (κ1) is 20.3. The number of rotatable bonds is 7. The van der Waals surface area contributed by atoms with Crippen molar-refractivity contribution in [2.75, 3.05) is 18.4 Å². The van der Waals surface area contributed by atoms with Gasteiger partial charge in [0.15, 0.2) is 0 Å². The molecule has 1 aromatic rings. The molecule has 1 saturated carbocycles. The highest BCUT2D eigenvalue weighted by Gasteiger charge is 2.32. The van der Waals surface area contributed by atoms with Crippen LogP contribution in [0.3, 0.4) is 0 Å². The van der Waals surface area contributed by atoms with Gasteiger partial charge in [0, 0.05) is 31.0 Å². The maximum atomic E-state index is 13.7. The lowest BCUT2D eigenvalue weighted by molar-refractivity contribution is -0.138. The highest BCUT2D eigenvalue weighted by Crippen LogP contribution is 2.31. The molecule has 2 rings (SSSR count). The van der Waals surface area contributed by atoms with E-state index < -0.39 is 11.6 Å². The predicted octanol–water partition coefficient (Wildman–Crippen LogP) is 4.36. The molecule has 0 unspecified atom stereocenters. The Labute approximate surface area is 153 Å². The van der Waals surface area contributed by atoms with Crippen LogP contribution in [-0.2, 0) is 9.59 Å². The van der Waals surface area contributed by atoms with Gasteiger partial charge in [0.2, 0.25) is 11.8 Å². The van der Waals surface area contributed by atoms with Crippen LogP contribution in [0.5, 0.6) is 0 Å². The minimum Gasteiger partial charge on any atom is -0.342 e. The first-order valence-corrected chi connectivity index (χ1v) is 9.50. The van der Waals surface area contributed by atoms with Crippen molar-refractivity contribution in [3.8, 4) is 0 Å². The molecule has 1 aromatic carbocycles. The zero-order valence-corrected chi connectivity index (χ0v) is 15.6. The summed E-state index contributed by atoms with van der Waals surface area (Å²) in [6.07, 6.45) is 4.44. The van der Waals surface area contributed by atoms with Crippen LogP contribution < -0.4 is 5.32 Å². The van der Waals surface area contributed by atoms with Crippen LogP contribution in [0.2, 0.25) is 0 Å². The maximum Gasteiger partial charge on any atom is 0.227 e. The van der Waals surface area contributed by atoms with Crippen molar-refractivity contribution in [2.45, 2.75) is 52.4 Å². The Hall–Kier alpha value is -1.98. The average molecular weight is 366 g/mol. The smallest absolute Gasteiger partial charge is 0.227 e. The van der Waals surface area contributed by atoms with Gasteiger partial charge in [0.05, 0.1) is 5.69 Å². The molecule has 0 aromatic heterocycles. The first-order valence-electron chi connectivity index (χ1n) is 9.50. The van der Waals surface area contributed by atoms with E-state index in [1.165, 1.54) is 6.07 Å². The molecule has 0 heterocycles. The van der Waals surface area contributed by atoms with Crippen molar-refractivity contribution >= 4 is 17.5 Å². The normalized spacial score (nSPS) is 19.8. The van der Waals surface area contributed by atoms with Crippen LogP contribution in [0.1, 0.15) is 52.4 Å². The number of anilines is 1. The number of halogens is 2. The summed E-state index contributed by atoms with van der Waals surface area (Å²) in [6.45, 7) is 5.67. The molecule has 26 heavy (non-hydrogen) atoms. The van der Waals surface area contributed by atoms with Crippen molar-refractivity contribution in [2.24, 2.45) is 11.8 Å². The van der Waals surface area contributed by atoms with Crippen LogP contribution in [0.15, 0.2) is 18.2 Å². The average Bonchev–Trinajstić information content (AvgIpc) is 2.63. The van der Waals surface area contributed by atoms with Crippen molar-refractivity contribution < 1.29 is 18.4 Å². The van der Waals surface area contributed by atoms with Crippen LogP contribution >= 0.6 is 0 Å². The molecule has 0 spiro atoms. The molecule has 4 nitrogen and oxygen atoms in total. The Morgan fingerprint density at radius 1 is 1.04 bits per heavy atom. The summed E-state index contributed by atoms with van der Waals surface area (Å²) in [7, 11) is 0. The van der Waals surface area contributed by atoms with Gasteiger partial charge in [-0.1, -0.05) is 13.8 Å². The molecule has 6 heteroatoms. The number of nitrogens with one attached hydrogen (secondary N) is 1. The summed E-state index contributed by atoms with van der Waals surface area (Å²) in [5.41, 5.74) is -0.00772. The van der Waals surface area contributed by atoms with Gasteiger partial charge < -0.3 is 10.2 Å². The monoisotopic (exact) mass is 366 g/mol. The third kappa shape index (κ3) is 5.26. The zero-order chi connectivity index (χ0) is 19.1. The third-order valence-corrected chi connectivity index (χ3v) is 4.93. The van der Waals surface area contributed by atoms with Crippen molar-refractivity contribution in [3.05, 3.63) is 29.8 Å². The van der Waals surface area contributed by atoms with E-state index in [-0.39, 0.29) is 29.3 Å². The fourth-order valence-corrected chi connectivity index (χ4v) is 3.56. The standard InChI is InChI=1S/C20H28F2N2O2/c1-3-11-24(12-4-2)20(26)15-7-5-14(6-8-15)19(25)23-18-10-9-16(21)13-17(18)22/h9-10,13-15H,3-8,11-12H2,1-2H3,(H,23,25). The highest BCUT2D eigenvalue weighted by molar-refractivity contribution is 5.92. The fourth-order valence-electron chi connectivity index (χ4n) is 3.56. The van der Waals surface area contributed by atoms with Crippen LogP contribution in [0, 0.1) is 23.5 Å². The van der Waals surface area contributed by atoms with Crippen LogP contribution in [0.4, 0.5) is 14.5 Å². The summed E-state index contributed by atoms with van der Waals surface area (Å²) >= 11 is 0. The van der Waals surface area contributed by atoms with E-state index in [4.69, 9.17) is 0 Å². The fraction of sp³-hybridized carbons (Fsp3) is 0.600. The SMILES string of the molecule is CCCN(CCC)C(=O)C1CCC(C(=O)Nc2ccc(F)cc2F)CC1. The summed E-state index contributed by atoms with van der Waals surface area (Å²) in [4.78, 5) is 26.9. The molecule has 1 aliphatic carbocycles. The predicted molar refractivity (Wildman–Crippen MR) is 97.6 cm³/mol. The van der Waals surface area contributed by atoms with E-state index in [9.17, 15) is 18.4 Å². The zero-order valence-electron chi connectivity index (χ0n) is 15.6. The second-order valence-electron chi connectivity index (χ2n) is 6.99. The molecular weight excluding hydrogens is 338 g/mol. The quantitative estimate of drug-likeness (QED) is 0.779. The van der Waals surface area contributed by atoms with Crippen molar-refractivity contribution in [3.63, 3.8) is 0 Å². The van der Waals surface area contributed by atoms with Gasteiger partial charge in [0.1, 0.15) is 11.6 Å². The third-order valence-electron chi connectivity index (χ3n) is 4.93. The Balaban J connectivity index is 1.88. The van der Waals surface area contributed by atoms with Gasteiger partial charge >= 0.3 is 0 Å². The van der Waals surface area contributed by atoms with Gasteiger partial charge in [-0.2, -0.15) is 0 Å². The first-order chi connectivity index (χ1) is 12.5. The highest BCUT2D eigenvalue weighted by atomic mass is 19.1. The van der Waals surface area contributed by atoms with Gasteiger partial charge in [-0.3, -0.25) is 9.59 Å². The van der Waals surface area contributed by atoms with Gasteiger partial charge in [0.25, 0.3) is 0 Å². The molecule has 1 aliphatic rings. The minimum absolute atomic E-state index is 0.00772. The number of hydrogen-bond acceptors (Lipinski definition) is 2. The summed E-state index contributed by atoms with van der Waals surface area (Å²) < 4.78 is 26.6. The molecule has 0 aliphatic heterocycles. The van der Waals surface area contributed by atoms with E-state index >= 15 is 0 Å². The largest absolute Gasteiger partial charge is 0.342 e. The number of amides is 2. The Kier molecular flexibility index (Phi) is 7.54. The van der Waals surface area contributed by atoms with E-state index in [1.54, 1.807) is 0 Å². The van der Waals surface area contributed by atoms with E-state index in [0.29, 0.717) is 25.7 Å². The lowest BCUT2D eigenvalue weighted by Gasteiger charge is -2.31. The topological polar surface area (TPSA) is 49.4 Å². The molecular formula is C20H28F2N2O2. The summed E-state index contributed by atoms with van der Waals surface area (Å²) in [5, 5.41) is 2.54. The lowest BCUT2D eigenvalue weighted by atomic mass is 9.80. The van der Waals surface area contributed by atoms with E-state index in [2.05, 4.69) is 19.2 Å². The van der Waals surface area contributed by atoms with Crippen molar-refractivity contribution in [1.29, 1.82) is 0 Å². The van der Waals surface area contributed by atoms with Crippen molar-refractivity contribution in [1.82, 2.24) is 4.90 Å². The summed E-state index contributed by atoms with van der Waals surface area (Å²) in [6, 6.07) is 3.09. The Bertz CT molecular complexity index is 622. The molecule has 144 valence electrons. The molecule has 0 saturated heterocycles. The number of carbonyl (C=O) groups excluding carboxylic acids is 2. The van der Waals surface area contributed by atoms with E-state index in [0.717, 1.165) is 38.1 Å². The second kappa shape index (κ2) is 9.64. The minimum atomic E-state index is -0.781. The molecule has 0 atom stereocenters. The Morgan fingerprint density at radius 3 is 2.15 bits per heavy atom. The van der Waals surface area contributed by atoms with Gasteiger partial charge in [-0.25, -0.2) is 8.78 Å². The van der Waals surface area contributed by atoms with E-state index in [1.807, 2.05) is 4.90 Å². The molecule has 1 N–H and O–H groups in total. The summed E-state index contributed by atoms with van der Waals surface area (Å²) in [5.74, 6) is -1.80. The molecule has 0 bridgehead atoms. The van der Waals surface area contributed by atoms with Crippen LogP contribution in [-0.4, -0.2) is 29.8 Å². The Morgan fingerprint density at radius 2 is 1.62 bits per heavy atom. The lowest BCUT2D eigenvalue weighted by Crippen LogP contribution is -2.39. The molecule has 1 fully saturated rings. The maximum absolute atomic E-state index is 13.7. The molecule has 2 amide bonds. The van der Waals surface area contributed by atoms with Gasteiger partial charge in [-0.05, 0) is 50.7 Å². The number of benzene rings is 1. The van der Waals surface area contributed by atoms with Crippen LogP contribution in [0.25, 0.3) is 0 Å². The number of nitrogens with zero attached hydrogens (tertiary/aromatic N) is 1. The number of carbonyl (C=O) groups is 2. The molecule has 0 radical (unpaired) electrons. The number of hydrogen-bond donors (Lipinski definition) is 1.